The van der Waals surface area contributed by atoms with Gasteiger partial charge in [-0.15, -0.1) is 0 Å². The summed E-state index contributed by atoms with van der Waals surface area (Å²) in [6.45, 7) is 5.54. The van der Waals surface area contributed by atoms with Crippen molar-refractivity contribution in [2.45, 2.75) is 32.7 Å². The van der Waals surface area contributed by atoms with Gasteiger partial charge in [-0.2, -0.15) is 0 Å². The number of nitrogens with zero attached hydrogens (tertiary/aromatic N) is 3. The monoisotopic (exact) mass is 421 g/mol. The molecule has 0 radical (unpaired) electrons. The zero-order valence-corrected chi connectivity index (χ0v) is 18.5. The Bertz CT molecular complexity index is 1300. The topological polar surface area (TPSA) is 38.1 Å². The first kappa shape index (κ1) is 20.3. The summed E-state index contributed by atoms with van der Waals surface area (Å²) in [6.07, 6.45) is 4.80. The Morgan fingerprint density at radius 1 is 1.00 bits per heavy atom. The lowest BCUT2D eigenvalue weighted by Gasteiger charge is -2.20. The van der Waals surface area contributed by atoms with Crippen LogP contribution in [0.15, 0.2) is 78.9 Å². The molecule has 160 valence electrons. The Hall–Kier alpha value is -3.66. The fourth-order valence-electron chi connectivity index (χ4n) is 4.68. The number of hydrogen-bond acceptors (Lipinski definition) is 2. The van der Waals surface area contributed by atoms with E-state index < -0.39 is 0 Å². The van der Waals surface area contributed by atoms with Crippen LogP contribution >= 0.6 is 0 Å². The van der Waals surface area contributed by atoms with Crippen LogP contribution in [0.3, 0.4) is 0 Å². The Morgan fingerprint density at radius 3 is 2.59 bits per heavy atom. The molecule has 1 unspecified atom stereocenters. The number of anilines is 1. The van der Waals surface area contributed by atoms with E-state index in [0.717, 1.165) is 34.7 Å². The molecule has 4 nitrogen and oxygen atoms in total. The average Bonchev–Trinajstić information content (AvgIpc) is 3.35. The van der Waals surface area contributed by atoms with E-state index in [2.05, 4.69) is 73.0 Å². The van der Waals surface area contributed by atoms with Crippen molar-refractivity contribution < 1.29 is 4.79 Å². The largest absolute Gasteiger partial charge is 0.324 e. The number of hydrogen-bond donors (Lipinski definition) is 0. The highest BCUT2D eigenvalue weighted by atomic mass is 16.2. The van der Waals surface area contributed by atoms with Crippen LogP contribution in [-0.2, 0) is 11.3 Å². The third-order valence-electron chi connectivity index (χ3n) is 6.22. The van der Waals surface area contributed by atoms with Crippen molar-refractivity contribution in [2.75, 3.05) is 11.4 Å². The highest BCUT2D eigenvalue weighted by Crippen LogP contribution is 2.34. The predicted octanol–water partition coefficient (Wildman–Crippen LogP) is 5.89. The molecule has 1 aliphatic rings. The summed E-state index contributed by atoms with van der Waals surface area (Å²) in [5.41, 5.74) is 6.62. The molecule has 1 saturated heterocycles. The number of imidazole rings is 1. The third-order valence-corrected chi connectivity index (χ3v) is 6.22. The van der Waals surface area contributed by atoms with Gasteiger partial charge in [0.05, 0.1) is 11.0 Å². The van der Waals surface area contributed by atoms with Crippen molar-refractivity contribution >= 4 is 28.7 Å². The minimum absolute atomic E-state index is 0.0701. The lowest BCUT2D eigenvalue weighted by molar-refractivity contribution is -0.117. The summed E-state index contributed by atoms with van der Waals surface area (Å²) >= 11 is 0. The molecule has 32 heavy (non-hydrogen) atoms. The van der Waals surface area contributed by atoms with Gasteiger partial charge < -0.3 is 9.47 Å². The molecule has 1 atom stereocenters. The quantitative estimate of drug-likeness (QED) is 0.403. The zero-order chi connectivity index (χ0) is 22.1. The molecular weight excluding hydrogens is 394 g/mol. The first-order chi connectivity index (χ1) is 15.6. The minimum Gasteiger partial charge on any atom is -0.324 e. The summed E-state index contributed by atoms with van der Waals surface area (Å²) in [4.78, 5) is 19.9. The van der Waals surface area contributed by atoms with Gasteiger partial charge in [0.25, 0.3) is 0 Å². The first-order valence-corrected chi connectivity index (χ1v) is 11.1. The van der Waals surface area contributed by atoms with Gasteiger partial charge in [-0.1, -0.05) is 72.3 Å². The molecule has 0 aliphatic carbocycles. The van der Waals surface area contributed by atoms with Gasteiger partial charge in [-0.25, -0.2) is 4.98 Å². The fraction of sp³-hybridized carbons (Fsp3) is 0.214. The standard InChI is InChI=1S/C28H27N3O/c1-20-14-15-25(21(2)17-20)31-19-23(18-27(31)32)28-29-24-12-6-7-13-26(24)30(28)16-8-11-22-9-4-3-5-10-22/h3-15,17,23H,16,18-19H2,1-2H3/b11-8+. The van der Waals surface area contributed by atoms with Crippen LogP contribution in [0.25, 0.3) is 17.1 Å². The highest BCUT2D eigenvalue weighted by molar-refractivity contribution is 5.97. The van der Waals surface area contributed by atoms with Crippen LogP contribution in [-0.4, -0.2) is 22.0 Å². The number of benzene rings is 3. The molecule has 3 aromatic carbocycles. The van der Waals surface area contributed by atoms with E-state index in [1.165, 1.54) is 11.1 Å². The molecule has 0 N–H and O–H groups in total. The van der Waals surface area contributed by atoms with Gasteiger partial charge in [-0.05, 0) is 43.2 Å². The smallest absolute Gasteiger partial charge is 0.227 e. The highest BCUT2D eigenvalue weighted by Gasteiger charge is 2.35. The molecule has 0 saturated carbocycles. The molecule has 0 bridgehead atoms. The maximum atomic E-state index is 13.0. The lowest BCUT2D eigenvalue weighted by Crippen LogP contribution is -2.25. The number of para-hydroxylation sites is 2. The van der Waals surface area contributed by atoms with E-state index in [0.29, 0.717) is 13.0 Å². The van der Waals surface area contributed by atoms with Gasteiger partial charge in [0.15, 0.2) is 0 Å². The van der Waals surface area contributed by atoms with E-state index in [1.54, 1.807) is 0 Å². The lowest BCUT2D eigenvalue weighted by atomic mass is 10.1. The number of rotatable bonds is 5. The van der Waals surface area contributed by atoms with Crippen LogP contribution in [0.1, 0.15) is 34.9 Å². The number of fused-ring (bicyclic) bond motifs is 1. The van der Waals surface area contributed by atoms with E-state index >= 15 is 0 Å². The summed E-state index contributed by atoms with van der Waals surface area (Å²) in [5.74, 6) is 1.23. The molecule has 0 spiro atoms. The third kappa shape index (κ3) is 3.84. The summed E-state index contributed by atoms with van der Waals surface area (Å²) < 4.78 is 2.26. The van der Waals surface area contributed by atoms with Crippen molar-refractivity contribution in [3.05, 3.63) is 101 Å². The summed E-state index contributed by atoms with van der Waals surface area (Å²) in [6, 6.07) is 24.8. The van der Waals surface area contributed by atoms with Crippen LogP contribution in [0, 0.1) is 13.8 Å². The van der Waals surface area contributed by atoms with Gasteiger partial charge in [0, 0.05) is 31.1 Å². The maximum Gasteiger partial charge on any atom is 0.227 e. The minimum atomic E-state index is 0.0701. The Kier molecular flexibility index (Phi) is 5.36. The molecule has 2 heterocycles. The Morgan fingerprint density at radius 2 is 1.78 bits per heavy atom. The molecule has 5 rings (SSSR count). The average molecular weight is 422 g/mol. The summed E-state index contributed by atoms with van der Waals surface area (Å²) in [7, 11) is 0. The van der Waals surface area contributed by atoms with Crippen molar-refractivity contribution in [1.29, 1.82) is 0 Å². The Labute approximate surface area is 188 Å². The molecule has 1 aromatic heterocycles. The maximum absolute atomic E-state index is 13.0. The van der Waals surface area contributed by atoms with Crippen molar-refractivity contribution in [3.63, 3.8) is 0 Å². The van der Waals surface area contributed by atoms with E-state index in [9.17, 15) is 4.79 Å². The molecule has 1 amide bonds. The zero-order valence-electron chi connectivity index (χ0n) is 18.5. The fourth-order valence-corrected chi connectivity index (χ4v) is 4.68. The second-order valence-electron chi connectivity index (χ2n) is 8.58. The molecule has 4 heteroatoms. The molecule has 1 aliphatic heterocycles. The number of aryl methyl sites for hydroxylation is 2. The van der Waals surface area contributed by atoms with Crippen LogP contribution in [0.5, 0.6) is 0 Å². The van der Waals surface area contributed by atoms with Crippen molar-refractivity contribution in [3.8, 4) is 0 Å². The molecule has 4 aromatic rings. The van der Waals surface area contributed by atoms with E-state index in [1.807, 2.05) is 35.2 Å². The van der Waals surface area contributed by atoms with Gasteiger partial charge in [0.2, 0.25) is 5.91 Å². The second-order valence-corrected chi connectivity index (χ2v) is 8.58. The second kappa shape index (κ2) is 8.46. The Balaban J connectivity index is 1.47. The summed E-state index contributed by atoms with van der Waals surface area (Å²) in [5, 5.41) is 0. The van der Waals surface area contributed by atoms with Crippen LogP contribution in [0.2, 0.25) is 0 Å². The van der Waals surface area contributed by atoms with Gasteiger partial charge >= 0.3 is 0 Å². The first-order valence-electron chi connectivity index (χ1n) is 11.1. The van der Waals surface area contributed by atoms with Gasteiger partial charge in [-0.3, -0.25) is 4.79 Å². The number of amides is 1. The normalized spacial score (nSPS) is 16.5. The van der Waals surface area contributed by atoms with Crippen LogP contribution in [0.4, 0.5) is 5.69 Å². The number of aromatic nitrogens is 2. The van der Waals surface area contributed by atoms with Crippen molar-refractivity contribution in [2.24, 2.45) is 0 Å². The molecule has 1 fully saturated rings. The molecular formula is C28H27N3O. The SMILES string of the molecule is Cc1ccc(N2CC(c3nc4ccccc4n3C/C=C/c3ccccc3)CC2=O)c(C)c1. The number of carbonyl (C=O) groups excluding carboxylic acids is 1. The van der Waals surface area contributed by atoms with Gasteiger partial charge in [0.1, 0.15) is 5.82 Å². The van der Waals surface area contributed by atoms with Crippen molar-refractivity contribution in [1.82, 2.24) is 9.55 Å². The van der Waals surface area contributed by atoms with E-state index in [4.69, 9.17) is 4.98 Å². The van der Waals surface area contributed by atoms with E-state index in [-0.39, 0.29) is 11.8 Å². The number of allylic oxidation sites excluding steroid dienone is 1. The van der Waals surface area contributed by atoms with Crippen LogP contribution < -0.4 is 4.90 Å². The number of carbonyl (C=O) groups is 1. The predicted molar refractivity (Wildman–Crippen MR) is 131 cm³/mol.